The summed E-state index contributed by atoms with van der Waals surface area (Å²) in [6, 6.07) is 7.89. The van der Waals surface area contributed by atoms with Crippen LogP contribution in [-0.4, -0.2) is 29.2 Å². The van der Waals surface area contributed by atoms with E-state index >= 15 is 0 Å². The van der Waals surface area contributed by atoms with E-state index in [2.05, 4.69) is 15.9 Å². The number of benzene rings is 1. The fourth-order valence-electron chi connectivity index (χ4n) is 2.60. The second kappa shape index (κ2) is 6.37. The van der Waals surface area contributed by atoms with Crippen molar-refractivity contribution in [1.82, 2.24) is 4.90 Å². The first-order chi connectivity index (χ1) is 8.70. The minimum Gasteiger partial charge on any atom is -0.338 e. The zero-order chi connectivity index (χ0) is 13.0. The lowest BCUT2D eigenvalue weighted by Gasteiger charge is -2.32. The van der Waals surface area contributed by atoms with Gasteiger partial charge in [0.2, 0.25) is 0 Å². The molecule has 1 aromatic carbocycles. The monoisotopic (exact) mass is 309 g/mol. The van der Waals surface area contributed by atoms with Crippen molar-refractivity contribution in [3.63, 3.8) is 0 Å². The van der Waals surface area contributed by atoms with Crippen molar-refractivity contribution in [2.75, 3.05) is 18.4 Å². The highest BCUT2D eigenvalue weighted by atomic mass is 79.9. The van der Waals surface area contributed by atoms with Gasteiger partial charge in [-0.25, -0.2) is 0 Å². The molecule has 1 heterocycles. The van der Waals surface area contributed by atoms with Crippen LogP contribution >= 0.6 is 15.9 Å². The fourth-order valence-corrected chi connectivity index (χ4v) is 3.25. The van der Waals surface area contributed by atoms with Gasteiger partial charge >= 0.3 is 0 Å². The number of nitrogens with zero attached hydrogens (tertiary/aromatic N) is 1. The topological polar surface area (TPSA) is 20.3 Å². The van der Waals surface area contributed by atoms with E-state index in [1.54, 1.807) is 0 Å². The van der Waals surface area contributed by atoms with Gasteiger partial charge in [0.25, 0.3) is 5.91 Å². The van der Waals surface area contributed by atoms with Crippen LogP contribution in [0.2, 0.25) is 0 Å². The van der Waals surface area contributed by atoms with Crippen molar-refractivity contribution >= 4 is 21.8 Å². The van der Waals surface area contributed by atoms with Gasteiger partial charge in [0, 0.05) is 24.0 Å². The number of hydrogen-bond donors (Lipinski definition) is 0. The molecule has 0 aromatic heterocycles. The van der Waals surface area contributed by atoms with Crippen molar-refractivity contribution in [3.05, 3.63) is 35.4 Å². The summed E-state index contributed by atoms with van der Waals surface area (Å²) < 4.78 is 0. The number of alkyl halides is 1. The molecule has 0 bridgehead atoms. The largest absolute Gasteiger partial charge is 0.338 e. The Bertz CT molecular complexity index is 417. The zero-order valence-electron chi connectivity index (χ0n) is 10.9. The normalized spacial score (nSPS) is 19.9. The molecule has 0 saturated carbocycles. The van der Waals surface area contributed by atoms with Crippen LogP contribution in [0.15, 0.2) is 24.3 Å². The second-order valence-corrected chi connectivity index (χ2v) is 5.90. The highest BCUT2D eigenvalue weighted by Gasteiger charge is 2.23. The van der Waals surface area contributed by atoms with Crippen molar-refractivity contribution in [3.8, 4) is 0 Å². The van der Waals surface area contributed by atoms with Crippen LogP contribution in [-0.2, 0) is 0 Å². The number of halogens is 1. The molecule has 1 aliphatic rings. The van der Waals surface area contributed by atoms with E-state index in [-0.39, 0.29) is 5.91 Å². The summed E-state index contributed by atoms with van der Waals surface area (Å²) in [5.74, 6) is 0.852. The molecular formula is C15H20BrNO. The van der Waals surface area contributed by atoms with Gasteiger partial charge < -0.3 is 4.90 Å². The smallest absolute Gasteiger partial charge is 0.253 e. The Morgan fingerprint density at radius 3 is 3.06 bits per heavy atom. The molecule has 1 amide bonds. The molecule has 3 heteroatoms. The molecule has 0 radical (unpaired) electrons. The van der Waals surface area contributed by atoms with Gasteiger partial charge in [0.05, 0.1) is 0 Å². The fraction of sp³-hybridized carbons (Fsp3) is 0.533. The summed E-state index contributed by atoms with van der Waals surface area (Å²) in [5, 5.41) is 1.03. The third kappa shape index (κ3) is 3.35. The first kappa shape index (κ1) is 13.6. The molecule has 18 heavy (non-hydrogen) atoms. The van der Waals surface area contributed by atoms with Crippen LogP contribution < -0.4 is 0 Å². The Hall–Kier alpha value is -0.830. The Morgan fingerprint density at radius 1 is 1.50 bits per heavy atom. The van der Waals surface area contributed by atoms with E-state index in [9.17, 15) is 4.79 Å². The number of amides is 1. The molecule has 0 N–H and O–H groups in total. The predicted octanol–water partition coefficient (Wildman–Crippen LogP) is 3.63. The van der Waals surface area contributed by atoms with E-state index in [1.807, 2.05) is 36.1 Å². The number of piperidine rings is 1. The van der Waals surface area contributed by atoms with Crippen LogP contribution in [0.1, 0.15) is 35.2 Å². The van der Waals surface area contributed by atoms with E-state index in [0.29, 0.717) is 5.92 Å². The maximum absolute atomic E-state index is 12.4. The summed E-state index contributed by atoms with van der Waals surface area (Å²) in [4.78, 5) is 14.4. The first-order valence-corrected chi connectivity index (χ1v) is 7.75. The van der Waals surface area contributed by atoms with E-state index in [1.165, 1.54) is 6.42 Å². The minimum atomic E-state index is 0.193. The maximum Gasteiger partial charge on any atom is 0.253 e. The lowest BCUT2D eigenvalue weighted by atomic mass is 9.95. The van der Waals surface area contributed by atoms with E-state index in [0.717, 1.165) is 42.4 Å². The van der Waals surface area contributed by atoms with Gasteiger partial charge in [-0.05, 0) is 44.2 Å². The Labute approximate surface area is 117 Å². The van der Waals surface area contributed by atoms with Gasteiger partial charge in [-0.15, -0.1) is 0 Å². The molecule has 0 spiro atoms. The van der Waals surface area contributed by atoms with Crippen LogP contribution in [0, 0.1) is 12.8 Å². The number of aryl methyl sites for hydroxylation is 1. The van der Waals surface area contributed by atoms with Crippen LogP contribution in [0.25, 0.3) is 0 Å². The zero-order valence-corrected chi connectivity index (χ0v) is 12.4. The molecule has 2 nitrogen and oxygen atoms in total. The molecule has 1 fully saturated rings. The minimum absolute atomic E-state index is 0.193. The highest BCUT2D eigenvalue weighted by Crippen LogP contribution is 2.22. The van der Waals surface area contributed by atoms with Crippen molar-refractivity contribution in [2.24, 2.45) is 5.92 Å². The molecule has 2 rings (SSSR count). The van der Waals surface area contributed by atoms with Crippen LogP contribution in [0.3, 0.4) is 0 Å². The van der Waals surface area contributed by atoms with Crippen molar-refractivity contribution in [1.29, 1.82) is 0 Å². The predicted molar refractivity (Wildman–Crippen MR) is 78.2 cm³/mol. The molecular weight excluding hydrogens is 290 g/mol. The van der Waals surface area contributed by atoms with Gasteiger partial charge in [0.1, 0.15) is 0 Å². The second-order valence-electron chi connectivity index (χ2n) is 5.11. The van der Waals surface area contributed by atoms with Crippen molar-refractivity contribution in [2.45, 2.75) is 26.2 Å². The van der Waals surface area contributed by atoms with Gasteiger partial charge in [-0.3, -0.25) is 4.79 Å². The molecule has 98 valence electrons. The number of carbonyl (C=O) groups is 1. The summed E-state index contributed by atoms with van der Waals surface area (Å²) >= 11 is 3.49. The van der Waals surface area contributed by atoms with Gasteiger partial charge in [-0.1, -0.05) is 33.6 Å². The lowest BCUT2D eigenvalue weighted by molar-refractivity contribution is 0.0672. The Balaban J connectivity index is 2.04. The molecule has 1 aromatic rings. The molecule has 1 atom stereocenters. The average molecular weight is 310 g/mol. The van der Waals surface area contributed by atoms with Crippen molar-refractivity contribution < 1.29 is 4.79 Å². The summed E-state index contributed by atoms with van der Waals surface area (Å²) in [7, 11) is 0. The van der Waals surface area contributed by atoms with E-state index in [4.69, 9.17) is 0 Å². The summed E-state index contributed by atoms with van der Waals surface area (Å²) in [6.07, 6.45) is 3.55. The molecule has 1 aliphatic heterocycles. The summed E-state index contributed by atoms with van der Waals surface area (Å²) in [5.41, 5.74) is 1.98. The Kier molecular flexibility index (Phi) is 4.81. The number of hydrogen-bond acceptors (Lipinski definition) is 1. The Morgan fingerprint density at radius 2 is 2.33 bits per heavy atom. The number of rotatable bonds is 3. The number of carbonyl (C=O) groups excluding carboxylic acids is 1. The molecule has 0 aliphatic carbocycles. The summed E-state index contributed by atoms with van der Waals surface area (Å²) in [6.45, 7) is 3.85. The number of likely N-dealkylation sites (tertiary alicyclic amines) is 1. The maximum atomic E-state index is 12.4. The van der Waals surface area contributed by atoms with E-state index < -0.39 is 0 Å². The molecule has 1 saturated heterocycles. The quantitative estimate of drug-likeness (QED) is 0.781. The van der Waals surface area contributed by atoms with Gasteiger partial charge in [0.15, 0.2) is 0 Å². The first-order valence-electron chi connectivity index (χ1n) is 6.62. The highest BCUT2D eigenvalue weighted by molar-refractivity contribution is 9.09. The molecule has 1 unspecified atom stereocenters. The average Bonchev–Trinajstić information content (AvgIpc) is 2.39. The van der Waals surface area contributed by atoms with Crippen LogP contribution in [0.5, 0.6) is 0 Å². The van der Waals surface area contributed by atoms with Crippen LogP contribution in [0.4, 0.5) is 0 Å². The SMILES string of the molecule is Cc1cccc(C(=O)N2CCCC(CCBr)C2)c1. The third-order valence-corrected chi connectivity index (χ3v) is 4.05. The van der Waals surface area contributed by atoms with Gasteiger partial charge in [-0.2, -0.15) is 0 Å². The standard InChI is InChI=1S/C15H20BrNO/c1-12-4-2-6-14(10-12)15(18)17-9-3-5-13(11-17)7-8-16/h2,4,6,10,13H,3,5,7-9,11H2,1H3. The third-order valence-electron chi connectivity index (χ3n) is 3.59. The lowest BCUT2D eigenvalue weighted by Crippen LogP contribution is -2.40.